The third kappa shape index (κ3) is 4.09. The molecule has 39 heavy (non-hydrogen) atoms. The topological polar surface area (TPSA) is 69.7 Å². The van der Waals surface area contributed by atoms with Crippen LogP contribution in [-0.2, 0) is 23.9 Å². The van der Waals surface area contributed by atoms with Gasteiger partial charge in [-0.1, -0.05) is 54.0 Å². The minimum atomic E-state index is -0.219. The average molecular weight is 541 g/mol. The molecule has 0 radical (unpaired) electrons. The van der Waals surface area contributed by atoms with Crippen molar-refractivity contribution in [2.45, 2.75) is 126 Å². The van der Waals surface area contributed by atoms with Crippen molar-refractivity contribution < 1.29 is 23.9 Å². The maximum absolute atomic E-state index is 14.5. The number of carbonyl (C=O) groups is 3. The molecule has 5 aliphatic carbocycles. The van der Waals surface area contributed by atoms with E-state index in [-0.39, 0.29) is 62.4 Å². The fourth-order valence-corrected chi connectivity index (χ4v) is 11.0. The van der Waals surface area contributed by atoms with Gasteiger partial charge in [0.2, 0.25) is 0 Å². The number of fused-ring (bicyclic) bond motifs is 7. The third-order valence-corrected chi connectivity index (χ3v) is 13.4. The van der Waals surface area contributed by atoms with E-state index in [1.54, 1.807) is 0 Å². The minimum absolute atomic E-state index is 0.0410. The fourth-order valence-electron chi connectivity index (χ4n) is 11.0. The number of ether oxygens (including phenoxy) is 2. The van der Waals surface area contributed by atoms with Gasteiger partial charge in [-0.05, 0) is 97.4 Å². The molecule has 0 bridgehead atoms. The molecule has 0 aliphatic heterocycles. The van der Waals surface area contributed by atoms with E-state index in [0.29, 0.717) is 18.3 Å². The second-order valence-corrected chi connectivity index (χ2v) is 16.3. The van der Waals surface area contributed by atoms with Crippen LogP contribution >= 0.6 is 0 Å². The first-order valence-corrected chi connectivity index (χ1v) is 15.5. The Hall–Kier alpha value is -1.65. The third-order valence-electron chi connectivity index (χ3n) is 13.4. The molecular formula is C34H52O5. The van der Waals surface area contributed by atoms with Crippen LogP contribution in [0.1, 0.15) is 120 Å². The summed E-state index contributed by atoms with van der Waals surface area (Å²) >= 11 is 0. The largest absolute Gasteiger partial charge is 0.465 e. The minimum Gasteiger partial charge on any atom is -0.465 e. The number of hydrogen-bond donors (Lipinski definition) is 0. The van der Waals surface area contributed by atoms with Crippen molar-refractivity contribution in [3.8, 4) is 0 Å². The Morgan fingerprint density at radius 3 is 2.18 bits per heavy atom. The Morgan fingerprint density at radius 2 is 1.54 bits per heavy atom. The van der Waals surface area contributed by atoms with Crippen molar-refractivity contribution in [2.75, 3.05) is 6.61 Å². The van der Waals surface area contributed by atoms with Crippen molar-refractivity contribution in [3.05, 3.63) is 11.6 Å². The molecule has 0 saturated heterocycles. The number of ketones is 1. The van der Waals surface area contributed by atoms with Crippen molar-refractivity contribution in [1.82, 2.24) is 0 Å². The maximum atomic E-state index is 14.5. The lowest BCUT2D eigenvalue weighted by atomic mass is 9.34. The summed E-state index contributed by atoms with van der Waals surface area (Å²) in [6.45, 7) is 20.0. The molecule has 0 amide bonds. The summed E-state index contributed by atoms with van der Waals surface area (Å²) in [5.41, 5.74) is 1.01. The highest BCUT2D eigenvalue weighted by atomic mass is 16.5. The molecular weight excluding hydrogens is 488 g/mol. The van der Waals surface area contributed by atoms with Gasteiger partial charge in [-0.2, -0.15) is 0 Å². The van der Waals surface area contributed by atoms with Crippen molar-refractivity contribution in [2.24, 2.45) is 50.2 Å². The zero-order valence-corrected chi connectivity index (χ0v) is 26.0. The van der Waals surface area contributed by atoms with Crippen LogP contribution in [0.25, 0.3) is 0 Å². The number of carbonyl (C=O) groups excluding carboxylic acids is 3. The van der Waals surface area contributed by atoms with Gasteiger partial charge in [0.25, 0.3) is 0 Å². The molecule has 4 fully saturated rings. The summed E-state index contributed by atoms with van der Waals surface area (Å²) in [6, 6.07) is 0. The second-order valence-electron chi connectivity index (χ2n) is 16.3. The SMILES string of the molecule is CC(=O)OC[C@]12CCC(C)(C)C[C@H]1[C@H]1C(=O)C=C3[C@@]4(C)CCC(OC(C)=O)C(C)(C)[C@@H]4CC[C@@]3(C)[C@]1(C)CC2. The van der Waals surface area contributed by atoms with E-state index < -0.39 is 0 Å². The molecule has 4 saturated carbocycles. The lowest BCUT2D eigenvalue weighted by Crippen LogP contribution is -2.66. The first-order valence-electron chi connectivity index (χ1n) is 15.5. The Kier molecular flexibility index (Phi) is 6.60. The van der Waals surface area contributed by atoms with Crippen LogP contribution in [0.5, 0.6) is 0 Å². The summed E-state index contributed by atoms with van der Waals surface area (Å²) in [6.07, 6.45) is 11.1. The first kappa shape index (κ1) is 28.9. The van der Waals surface area contributed by atoms with E-state index >= 15 is 0 Å². The van der Waals surface area contributed by atoms with E-state index in [0.717, 1.165) is 57.8 Å². The summed E-state index contributed by atoms with van der Waals surface area (Å²) in [7, 11) is 0. The lowest BCUT2D eigenvalue weighted by molar-refractivity contribution is -0.194. The van der Waals surface area contributed by atoms with Gasteiger partial charge in [0.15, 0.2) is 5.78 Å². The van der Waals surface area contributed by atoms with Crippen molar-refractivity contribution >= 4 is 17.7 Å². The molecule has 0 heterocycles. The lowest BCUT2D eigenvalue weighted by Gasteiger charge is -2.70. The van der Waals surface area contributed by atoms with Crippen LogP contribution in [0.4, 0.5) is 0 Å². The average Bonchev–Trinajstić information content (AvgIpc) is 2.81. The van der Waals surface area contributed by atoms with Crippen LogP contribution in [0.2, 0.25) is 0 Å². The highest BCUT2D eigenvalue weighted by Crippen LogP contribution is 2.75. The molecule has 5 heteroatoms. The van der Waals surface area contributed by atoms with Crippen LogP contribution in [0, 0.1) is 50.2 Å². The Labute approximate surface area is 236 Å². The van der Waals surface area contributed by atoms with E-state index in [9.17, 15) is 14.4 Å². The Morgan fingerprint density at radius 1 is 0.872 bits per heavy atom. The molecule has 5 nitrogen and oxygen atoms in total. The molecule has 0 N–H and O–H groups in total. The van der Waals surface area contributed by atoms with Gasteiger partial charge >= 0.3 is 11.9 Å². The smallest absolute Gasteiger partial charge is 0.302 e. The highest BCUT2D eigenvalue weighted by Gasteiger charge is 2.70. The van der Waals surface area contributed by atoms with Gasteiger partial charge in [0, 0.05) is 30.6 Å². The number of esters is 2. The van der Waals surface area contributed by atoms with Gasteiger partial charge in [-0.25, -0.2) is 0 Å². The quantitative estimate of drug-likeness (QED) is 0.348. The first-order chi connectivity index (χ1) is 17.9. The van der Waals surface area contributed by atoms with Crippen LogP contribution in [0.3, 0.4) is 0 Å². The van der Waals surface area contributed by atoms with E-state index in [1.165, 1.54) is 19.4 Å². The summed E-state index contributed by atoms with van der Waals surface area (Å²) in [5.74, 6) is 0.430. The van der Waals surface area contributed by atoms with Gasteiger partial charge in [0.05, 0.1) is 6.61 Å². The monoisotopic (exact) mass is 540 g/mol. The molecule has 0 aromatic heterocycles. The van der Waals surface area contributed by atoms with E-state index in [1.807, 2.05) is 0 Å². The highest BCUT2D eigenvalue weighted by molar-refractivity contribution is 5.95. The normalized spacial score (nSPS) is 46.0. The summed E-state index contributed by atoms with van der Waals surface area (Å²) in [4.78, 5) is 38.3. The van der Waals surface area contributed by atoms with Gasteiger partial charge in [-0.3, -0.25) is 14.4 Å². The van der Waals surface area contributed by atoms with E-state index in [2.05, 4.69) is 54.5 Å². The summed E-state index contributed by atoms with van der Waals surface area (Å²) in [5, 5.41) is 0. The van der Waals surface area contributed by atoms with Crippen LogP contribution < -0.4 is 0 Å². The molecule has 8 atom stereocenters. The molecule has 0 spiro atoms. The van der Waals surface area contributed by atoms with Gasteiger partial charge in [-0.15, -0.1) is 0 Å². The second kappa shape index (κ2) is 8.92. The molecule has 1 unspecified atom stereocenters. The predicted octanol–water partition coefficient (Wildman–Crippen LogP) is 7.46. The molecule has 0 aromatic rings. The zero-order chi connectivity index (χ0) is 28.8. The molecule has 0 aromatic carbocycles. The zero-order valence-electron chi connectivity index (χ0n) is 26.0. The van der Waals surface area contributed by atoms with E-state index in [4.69, 9.17) is 9.47 Å². The molecule has 5 aliphatic rings. The molecule has 218 valence electrons. The van der Waals surface area contributed by atoms with Crippen molar-refractivity contribution in [1.29, 1.82) is 0 Å². The van der Waals surface area contributed by atoms with Gasteiger partial charge < -0.3 is 9.47 Å². The number of hydrogen-bond acceptors (Lipinski definition) is 5. The maximum Gasteiger partial charge on any atom is 0.302 e. The van der Waals surface area contributed by atoms with Crippen molar-refractivity contribution in [3.63, 3.8) is 0 Å². The summed E-state index contributed by atoms with van der Waals surface area (Å²) < 4.78 is 11.6. The standard InChI is InChI=1S/C34H52O5/c1-21(35)38-20-34-16-14-29(3,4)19-23(34)28-24(37)18-26-31(7)12-11-27(39-22(2)36)30(5,6)25(31)10-13-32(26,8)33(28,9)15-17-34/h18,23,25,27-28H,10-17,19-20H2,1-9H3/t23-,25-,27?,28-,31-,32+,33+,34+/m0/s1. The molecule has 5 rings (SSSR count). The number of allylic oxidation sites excluding steroid dienone is 2. The van der Waals surface area contributed by atoms with Crippen LogP contribution in [-0.4, -0.2) is 30.4 Å². The Balaban J connectivity index is 1.57. The number of rotatable bonds is 3. The fraction of sp³-hybridized carbons (Fsp3) is 0.853. The van der Waals surface area contributed by atoms with Crippen LogP contribution in [0.15, 0.2) is 11.6 Å². The Bertz CT molecular complexity index is 1100. The predicted molar refractivity (Wildman–Crippen MR) is 152 cm³/mol. The van der Waals surface area contributed by atoms with Gasteiger partial charge in [0.1, 0.15) is 6.10 Å².